The number of amides is 1. The van der Waals surface area contributed by atoms with Crippen LogP contribution in [0.5, 0.6) is 0 Å². The first-order valence-electron chi connectivity index (χ1n) is 8.72. The molecule has 3 atom stereocenters. The summed E-state index contributed by atoms with van der Waals surface area (Å²) in [6, 6.07) is 0.740. The second kappa shape index (κ2) is 7.40. The predicted molar refractivity (Wildman–Crippen MR) is 85.6 cm³/mol. The van der Waals surface area contributed by atoms with Crippen LogP contribution in [0.4, 0.5) is 0 Å². The van der Waals surface area contributed by atoms with Gasteiger partial charge in [0.1, 0.15) is 5.69 Å². The van der Waals surface area contributed by atoms with Gasteiger partial charge in [-0.2, -0.15) is 0 Å². The highest BCUT2D eigenvalue weighted by Gasteiger charge is 2.30. The summed E-state index contributed by atoms with van der Waals surface area (Å²) in [7, 11) is 0. The fourth-order valence-electron chi connectivity index (χ4n) is 3.81. The molecule has 1 saturated carbocycles. The van der Waals surface area contributed by atoms with Gasteiger partial charge in [-0.05, 0) is 39.2 Å². The van der Waals surface area contributed by atoms with Gasteiger partial charge in [0, 0.05) is 6.04 Å². The first-order valence-corrected chi connectivity index (χ1v) is 8.72. The number of hydrogen-bond acceptors (Lipinski definition) is 5. The third kappa shape index (κ3) is 3.90. The molecule has 23 heavy (non-hydrogen) atoms. The number of aliphatic hydroxyl groups excluding tert-OH is 1. The number of nitrogens with one attached hydrogen (secondary N) is 1. The van der Waals surface area contributed by atoms with Gasteiger partial charge in [-0.25, -0.2) is 4.68 Å². The van der Waals surface area contributed by atoms with Gasteiger partial charge in [-0.3, -0.25) is 9.69 Å². The van der Waals surface area contributed by atoms with Crippen molar-refractivity contribution in [3.63, 3.8) is 0 Å². The van der Waals surface area contributed by atoms with Gasteiger partial charge in [-0.1, -0.05) is 18.1 Å². The van der Waals surface area contributed by atoms with Crippen LogP contribution in [-0.4, -0.2) is 56.1 Å². The molecule has 2 fully saturated rings. The van der Waals surface area contributed by atoms with E-state index in [1.807, 2.05) is 4.68 Å². The van der Waals surface area contributed by atoms with Gasteiger partial charge in [0.05, 0.1) is 31.4 Å². The van der Waals surface area contributed by atoms with E-state index in [9.17, 15) is 4.79 Å². The van der Waals surface area contributed by atoms with Gasteiger partial charge < -0.3 is 10.4 Å². The van der Waals surface area contributed by atoms with Crippen LogP contribution >= 0.6 is 0 Å². The van der Waals surface area contributed by atoms with Crippen molar-refractivity contribution in [1.82, 2.24) is 25.2 Å². The van der Waals surface area contributed by atoms with Crippen molar-refractivity contribution < 1.29 is 9.90 Å². The summed E-state index contributed by atoms with van der Waals surface area (Å²) in [6.45, 7) is 3.60. The average molecular weight is 321 g/mol. The Balaban J connectivity index is 1.60. The molecule has 1 aliphatic carbocycles. The smallest absolute Gasteiger partial charge is 0.234 e. The predicted octanol–water partition coefficient (Wildman–Crippen LogP) is 0.855. The lowest BCUT2D eigenvalue weighted by Crippen LogP contribution is -2.47. The van der Waals surface area contributed by atoms with E-state index < -0.39 is 0 Å². The molecule has 2 heterocycles. The van der Waals surface area contributed by atoms with Gasteiger partial charge in [0.15, 0.2) is 0 Å². The minimum atomic E-state index is -0.101. The standard InChI is InChI=1S/C16H27N5O2/c1-12-5-4-8-20(12)10-16(23)17-14-6-2-3-7-15(14)21-9-13(11-22)18-19-21/h9,12,14-15,22H,2-8,10-11H2,1H3,(H,17,23)/t12?,14-,15+/m0/s1. The number of carbonyl (C=O) groups excluding carboxylic acids is 1. The monoisotopic (exact) mass is 321 g/mol. The molecule has 1 aliphatic heterocycles. The van der Waals surface area contributed by atoms with Crippen molar-refractivity contribution in [1.29, 1.82) is 0 Å². The van der Waals surface area contributed by atoms with Crippen molar-refractivity contribution in [2.45, 2.75) is 70.2 Å². The van der Waals surface area contributed by atoms with E-state index in [0.717, 1.165) is 32.2 Å². The minimum Gasteiger partial charge on any atom is -0.390 e. The second-order valence-corrected chi connectivity index (χ2v) is 6.84. The molecular formula is C16H27N5O2. The van der Waals surface area contributed by atoms with Gasteiger partial charge >= 0.3 is 0 Å². The van der Waals surface area contributed by atoms with Crippen LogP contribution in [0.2, 0.25) is 0 Å². The molecule has 7 nitrogen and oxygen atoms in total. The molecule has 1 aromatic rings. The van der Waals surface area contributed by atoms with Crippen molar-refractivity contribution in [2.24, 2.45) is 0 Å². The van der Waals surface area contributed by atoms with Crippen LogP contribution in [0.25, 0.3) is 0 Å². The molecule has 1 amide bonds. The summed E-state index contributed by atoms with van der Waals surface area (Å²) < 4.78 is 1.81. The van der Waals surface area contributed by atoms with Crippen LogP contribution in [0.15, 0.2) is 6.20 Å². The highest BCUT2D eigenvalue weighted by atomic mass is 16.3. The molecule has 7 heteroatoms. The SMILES string of the molecule is CC1CCCN1CC(=O)N[C@H]1CCCC[C@H]1n1cc(CO)nn1. The summed E-state index contributed by atoms with van der Waals surface area (Å²) in [4.78, 5) is 14.7. The summed E-state index contributed by atoms with van der Waals surface area (Å²) >= 11 is 0. The van der Waals surface area contributed by atoms with E-state index in [0.29, 0.717) is 18.3 Å². The lowest BCUT2D eigenvalue weighted by atomic mass is 9.90. The molecule has 1 unspecified atom stereocenters. The van der Waals surface area contributed by atoms with Gasteiger partial charge in [0.2, 0.25) is 5.91 Å². The third-order valence-electron chi connectivity index (χ3n) is 5.17. The average Bonchev–Trinajstić information content (AvgIpc) is 3.17. The Morgan fingerprint density at radius 2 is 2.17 bits per heavy atom. The number of hydrogen-bond donors (Lipinski definition) is 2. The maximum absolute atomic E-state index is 12.4. The fraction of sp³-hybridized carbons (Fsp3) is 0.812. The lowest BCUT2D eigenvalue weighted by molar-refractivity contribution is -0.123. The fourth-order valence-corrected chi connectivity index (χ4v) is 3.81. The molecule has 0 spiro atoms. The normalized spacial score (nSPS) is 28.9. The number of carbonyl (C=O) groups is 1. The third-order valence-corrected chi connectivity index (χ3v) is 5.17. The molecule has 0 bridgehead atoms. The van der Waals surface area contributed by atoms with Crippen molar-refractivity contribution in [2.75, 3.05) is 13.1 Å². The number of nitrogens with zero attached hydrogens (tertiary/aromatic N) is 4. The number of likely N-dealkylation sites (tertiary alicyclic amines) is 1. The van der Waals surface area contributed by atoms with Gasteiger partial charge in [-0.15, -0.1) is 5.10 Å². The second-order valence-electron chi connectivity index (χ2n) is 6.84. The zero-order valence-electron chi connectivity index (χ0n) is 13.8. The molecule has 0 radical (unpaired) electrons. The Hall–Kier alpha value is -1.47. The van der Waals surface area contributed by atoms with Crippen molar-refractivity contribution >= 4 is 5.91 Å². The highest BCUT2D eigenvalue weighted by Crippen LogP contribution is 2.28. The Bertz CT molecular complexity index is 532. The van der Waals surface area contributed by atoms with Gasteiger partial charge in [0.25, 0.3) is 0 Å². The summed E-state index contributed by atoms with van der Waals surface area (Å²) in [5.74, 6) is 0.109. The van der Waals surface area contributed by atoms with E-state index in [1.165, 1.54) is 12.8 Å². The maximum Gasteiger partial charge on any atom is 0.234 e. The number of aliphatic hydroxyl groups is 1. The summed E-state index contributed by atoms with van der Waals surface area (Å²) in [5, 5.41) is 20.5. The topological polar surface area (TPSA) is 83.3 Å². The van der Waals surface area contributed by atoms with E-state index in [2.05, 4.69) is 27.5 Å². The van der Waals surface area contributed by atoms with Crippen molar-refractivity contribution in [3.8, 4) is 0 Å². The Morgan fingerprint density at radius 1 is 1.35 bits per heavy atom. The van der Waals surface area contributed by atoms with Crippen LogP contribution in [0.1, 0.15) is 57.2 Å². The molecule has 3 rings (SSSR count). The zero-order chi connectivity index (χ0) is 16.2. The lowest BCUT2D eigenvalue weighted by Gasteiger charge is -2.32. The number of rotatable bonds is 5. The van der Waals surface area contributed by atoms with E-state index in [4.69, 9.17) is 5.11 Å². The van der Waals surface area contributed by atoms with Crippen LogP contribution in [0.3, 0.4) is 0 Å². The maximum atomic E-state index is 12.4. The quantitative estimate of drug-likeness (QED) is 0.840. The summed E-state index contributed by atoms with van der Waals surface area (Å²) in [6.07, 6.45) is 8.38. The van der Waals surface area contributed by atoms with E-state index >= 15 is 0 Å². The molecule has 1 aromatic heterocycles. The van der Waals surface area contributed by atoms with Crippen molar-refractivity contribution in [3.05, 3.63) is 11.9 Å². The molecule has 2 aliphatic rings. The first kappa shape index (κ1) is 16.4. The first-order chi connectivity index (χ1) is 11.2. The largest absolute Gasteiger partial charge is 0.390 e. The molecule has 128 valence electrons. The molecule has 0 aromatic carbocycles. The summed E-state index contributed by atoms with van der Waals surface area (Å²) in [5.41, 5.74) is 0.576. The molecular weight excluding hydrogens is 294 g/mol. The van der Waals surface area contributed by atoms with E-state index in [1.54, 1.807) is 6.20 Å². The Kier molecular flexibility index (Phi) is 5.27. The van der Waals surface area contributed by atoms with E-state index in [-0.39, 0.29) is 24.6 Å². The van der Waals surface area contributed by atoms with Crippen LogP contribution in [0, 0.1) is 0 Å². The van der Waals surface area contributed by atoms with Crippen LogP contribution in [-0.2, 0) is 11.4 Å². The van der Waals surface area contributed by atoms with Crippen LogP contribution < -0.4 is 5.32 Å². The zero-order valence-corrected chi connectivity index (χ0v) is 13.8. The highest BCUT2D eigenvalue weighted by molar-refractivity contribution is 5.78. The minimum absolute atomic E-state index is 0.0994. The molecule has 1 saturated heterocycles. The number of aromatic nitrogens is 3. The molecule has 2 N–H and O–H groups in total. The Labute approximate surface area is 137 Å². The Morgan fingerprint density at radius 3 is 2.87 bits per heavy atom.